The highest BCUT2D eigenvalue weighted by Gasteiger charge is 2.14. The number of hydrogen-bond acceptors (Lipinski definition) is 2. The largest absolute Gasteiger partial charge is 0.343 e. The van der Waals surface area contributed by atoms with Crippen molar-refractivity contribution in [2.45, 2.75) is 26.8 Å². The highest BCUT2D eigenvalue weighted by Crippen LogP contribution is 2.10. The minimum absolute atomic E-state index is 0.117. The summed E-state index contributed by atoms with van der Waals surface area (Å²) in [6, 6.07) is 3.39. The van der Waals surface area contributed by atoms with Crippen LogP contribution in [0.25, 0.3) is 0 Å². The first-order chi connectivity index (χ1) is 7.41. The fraction of sp³-hybridized carbons (Fsp3) is 0.333. The van der Waals surface area contributed by atoms with E-state index in [4.69, 9.17) is 0 Å². The molecule has 86 valence electrons. The number of nitrogens with one attached hydrogen (secondary N) is 1. The fourth-order valence-corrected chi connectivity index (χ4v) is 1.26. The van der Waals surface area contributed by atoms with E-state index in [1.54, 1.807) is 13.8 Å². The lowest BCUT2D eigenvalue weighted by Crippen LogP contribution is -2.37. The second-order valence-corrected chi connectivity index (χ2v) is 3.77. The normalized spacial score (nSPS) is 12.0. The van der Waals surface area contributed by atoms with Crippen LogP contribution < -0.4 is 5.32 Å². The van der Waals surface area contributed by atoms with E-state index in [2.05, 4.69) is 5.32 Å². The maximum Gasteiger partial charge on any atom is 0.252 e. The Hall–Kier alpha value is -1.71. The zero-order valence-corrected chi connectivity index (χ0v) is 9.50. The summed E-state index contributed by atoms with van der Waals surface area (Å²) in [6.45, 7) is 4.66. The molecule has 1 rings (SSSR count). The number of aryl methyl sites for hydroxylation is 1. The molecular weight excluding hydrogens is 209 g/mol. The molecule has 0 aromatic heterocycles. The van der Waals surface area contributed by atoms with E-state index in [1.807, 2.05) is 0 Å². The van der Waals surface area contributed by atoms with Crippen molar-refractivity contribution in [3.63, 3.8) is 0 Å². The quantitative estimate of drug-likeness (QED) is 0.849. The standard InChI is InChI=1S/C12H14FNO2/c1-7-6-10(13)4-5-11(7)12(16)14-8(2)9(3)15/h4-6,8H,1-3H3,(H,14,16). The van der Waals surface area contributed by atoms with E-state index in [9.17, 15) is 14.0 Å². The summed E-state index contributed by atoms with van der Waals surface area (Å²) < 4.78 is 12.8. The molecule has 1 aromatic carbocycles. The van der Waals surface area contributed by atoms with Gasteiger partial charge in [0.2, 0.25) is 0 Å². The van der Waals surface area contributed by atoms with Crippen molar-refractivity contribution in [1.82, 2.24) is 5.32 Å². The second kappa shape index (κ2) is 4.88. The minimum Gasteiger partial charge on any atom is -0.343 e. The molecule has 16 heavy (non-hydrogen) atoms. The second-order valence-electron chi connectivity index (χ2n) is 3.77. The smallest absolute Gasteiger partial charge is 0.252 e. The van der Waals surface area contributed by atoms with Crippen molar-refractivity contribution in [2.24, 2.45) is 0 Å². The van der Waals surface area contributed by atoms with Gasteiger partial charge in [0, 0.05) is 5.56 Å². The number of carbonyl (C=O) groups excluding carboxylic acids is 2. The lowest BCUT2D eigenvalue weighted by molar-refractivity contribution is -0.118. The number of rotatable bonds is 3. The van der Waals surface area contributed by atoms with E-state index in [1.165, 1.54) is 25.1 Å². The molecule has 1 amide bonds. The minimum atomic E-state index is -0.531. The molecule has 1 unspecified atom stereocenters. The van der Waals surface area contributed by atoms with E-state index in [-0.39, 0.29) is 17.5 Å². The summed E-state index contributed by atoms with van der Waals surface area (Å²) in [5.41, 5.74) is 0.933. The van der Waals surface area contributed by atoms with Crippen molar-refractivity contribution >= 4 is 11.7 Å². The highest BCUT2D eigenvalue weighted by atomic mass is 19.1. The predicted octanol–water partition coefficient (Wildman–Crippen LogP) is 1.84. The molecule has 0 fully saturated rings. The lowest BCUT2D eigenvalue weighted by atomic mass is 10.1. The van der Waals surface area contributed by atoms with Crippen LogP contribution in [0, 0.1) is 12.7 Å². The molecule has 0 spiro atoms. The number of benzene rings is 1. The maximum absolute atomic E-state index is 12.8. The average Bonchev–Trinajstić information content (AvgIpc) is 2.16. The van der Waals surface area contributed by atoms with Gasteiger partial charge in [-0.3, -0.25) is 9.59 Å². The zero-order valence-electron chi connectivity index (χ0n) is 9.50. The summed E-state index contributed by atoms with van der Waals surface area (Å²) in [5, 5.41) is 2.54. The fourth-order valence-electron chi connectivity index (χ4n) is 1.26. The van der Waals surface area contributed by atoms with Crippen molar-refractivity contribution in [3.05, 3.63) is 35.1 Å². The van der Waals surface area contributed by atoms with Crippen LogP contribution in [0.5, 0.6) is 0 Å². The Morgan fingerprint density at radius 1 is 1.38 bits per heavy atom. The Balaban J connectivity index is 2.85. The van der Waals surface area contributed by atoms with Gasteiger partial charge < -0.3 is 5.32 Å². The monoisotopic (exact) mass is 223 g/mol. The number of halogens is 1. The maximum atomic E-state index is 12.8. The summed E-state index contributed by atoms with van der Waals surface area (Å²) in [4.78, 5) is 22.7. The molecule has 1 N–H and O–H groups in total. The molecule has 0 aliphatic heterocycles. The van der Waals surface area contributed by atoms with Crippen LogP contribution in [0.3, 0.4) is 0 Å². The van der Waals surface area contributed by atoms with E-state index in [0.29, 0.717) is 11.1 Å². The molecule has 0 saturated heterocycles. The third kappa shape index (κ3) is 2.89. The van der Waals surface area contributed by atoms with Gasteiger partial charge in [-0.15, -0.1) is 0 Å². The van der Waals surface area contributed by atoms with Crippen LogP contribution in [0.1, 0.15) is 29.8 Å². The van der Waals surface area contributed by atoms with Gasteiger partial charge in [-0.2, -0.15) is 0 Å². The highest BCUT2D eigenvalue weighted by molar-refractivity contribution is 5.98. The lowest BCUT2D eigenvalue weighted by Gasteiger charge is -2.11. The van der Waals surface area contributed by atoms with Crippen LogP contribution in [0.2, 0.25) is 0 Å². The van der Waals surface area contributed by atoms with Gasteiger partial charge in [0.05, 0.1) is 6.04 Å². The van der Waals surface area contributed by atoms with Gasteiger partial charge in [-0.05, 0) is 44.5 Å². The number of carbonyl (C=O) groups is 2. The van der Waals surface area contributed by atoms with E-state index in [0.717, 1.165) is 0 Å². The predicted molar refractivity (Wildman–Crippen MR) is 58.7 cm³/mol. The van der Waals surface area contributed by atoms with Gasteiger partial charge >= 0.3 is 0 Å². The summed E-state index contributed by atoms with van der Waals surface area (Å²) >= 11 is 0. The van der Waals surface area contributed by atoms with Gasteiger partial charge in [0.15, 0.2) is 5.78 Å². The van der Waals surface area contributed by atoms with Crippen LogP contribution >= 0.6 is 0 Å². The van der Waals surface area contributed by atoms with Gasteiger partial charge in [0.1, 0.15) is 5.82 Å². The Labute approximate surface area is 93.7 Å². The average molecular weight is 223 g/mol. The first-order valence-corrected chi connectivity index (χ1v) is 4.99. The molecule has 1 atom stereocenters. The Bertz CT molecular complexity index is 429. The molecule has 0 radical (unpaired) electrons. The van der Waals surface area contributed by atoms with Crippen molar-refractivity contribution in [3.8, 4) is 0 Å². The molecule has 1 aromatic rings. The number of Topliss-reactive ketones (excluding diaryl/α,β-unsaturated/α-hetero) is 1. The molecule has 4 heteroatoms. The number of hydrogen-bond donors (Lipinski definition) is 1. The van der Waals surface area contributed by atoms with Crippen LogP contribution in [0.4, 0.5) is 4.39 Å². The van der Waals surface area contributed by atoms with E-state index < -0.39 is 6.04 Å². The number of amides is 1. The molecule has 3 nitrogen and oxygen atoms in total. The molecule has 0 saturated carbocycles. The van der Waals surface area contributed by atoms with Crippen LogP contribution in [-0.4, -0.2) is 17.7 Å². The third-order valence-electron chi connectivity index (χ3n) is 2.39. The van der Waals surface area contributed by atoms with Gasteiger partial charge in [-0.25, -0.2) is 4.39 Å². The Morgan fingerprint density at radius 2 is 2.00 bits per heavy atom. The molecule has 0 aliphatic carbocycles. The van der Waals surface area contributed by atoms with Gasteiger partial charge in [-0.1, -0.05) is 0 Å². The first kappa shape index (κ1) is 12.4. The summed E-state index contributed by atoms with van der Waals surface area (Å²) in [7, 11) is 0. The van der Waals surface area contributed by atoms with Crippen molar-refractivity contribution in [2.75, 3.05) is 0 Å². The SMILES string of the molecule is CC(=O)C(C)NC(=O)c1ccc(F)cc1C. The summed E-state index contributed by atoms with van der Waals surface area (Å²) in [6.07, 6.45) is 0. The van der Waals surface area contributed by atoms with Crippen molar-refractivity contribution < 1.29 is 14.0 Å². The molecular formula is C12H14FNO2. The van der Waals surface area contributed by atoms with Crippen molar-refractivity contribution in [1.29, 1.82) is 0 Å². The Morgan fingerprint density at radius 3 is 2.50 bits per heavy atom. The van der Waals surface area contributed by atoms with Gasteiger partial charge in [0.25, 0.3) is 5.91 Å². The molecule has 0 heterocycles. The number of ketones is 1. The van der Waals surface area contributed by atoms with E-state index >= 15 is 0 Å². The topological polar surface area (TPSA) is 46.2 Å². The Kier molecular flexibility index (Phi) is 3.77. The molecule has 0 bridgehead atoms. The van der Waals surface area contributed by atoms with Crippen LogP contribution in [-0.2, 0) is 4.79 Å². The van der Waals surface area contributed by atoms with Crippen LogP contribution in [0.15, 0.2) is 18.2 Å². The summed E-state index contributed by atoms with van der Waals surface area (Å²) in [5.74, 6) is -0.859. The third-order valence-corrected chi connectivity index (χ3v) is 2.39. The molecule has 0 aliphatic rings. The zero-order chi connectivity index (χ0) is 12.3. The first-order valence-electron chi connectivity index (χ1n) is 4.99.